The normalized spacial score (nSPS) is 29.2. The van der Waals surface area contributed by atoms with Crippen molar-refractivity contribution in [2.75, 3.05) is 26.7 Å². The summed E-state index contributed by atoms with van der Waals surface area (Å²) in [6, 6.07) is 6.47. The molecule has 22 heavy (non-hydrogen) atoms. The topological polar surface area (TPSA) is 72.9 Å². The molecule has 0 aromatic heterocycles. The van der Waals surface area contributed by atoms with Crippen molar-refractivity contribution in [1.82, 2.24) is 4.90 Å². The van der Waals surface area contributed by atoms with Crippen LogP contribution < -0.4 is 0 Å². The van der Waals surface area contributed by atoms with Crippen LogP contribution in [0.1, 0.15) is 12.0 Å². The van der Waals surface area contributed by atoms with E-state index in [-0.39, 0.29) is 10.9 Å². The number of nitrogens with zero attached hydrogens (tertiary/aromatic N) is 1. The fourth-order valence-corrected chi connectivity index (χ4v) is 4.28. The van der Waals surface area contributed by atoms with Gasteiger partial charge in [-0.3, -0.25) is 8.98 Å². The average molecular weight is 325 g/mol. The van der Waals surface area contributed by atoms with Crippen LogP contribution in [0.2, 0.25) is 0 Å². The first-order chi connectivity index (χ1) is 10.3. The summed E-state index contributed by atoms with van der Waals surface area (Å²) < 4.78 is 35.4. The van der Waals surface area contributed by atoms with E-state index in [1.54, 1.807) is 12.1 Å². The number of benzene rings is 1. The molecule has 120 valence electrons. The molecular weight excluding hydrogens is 306 g/mol. The van der Waals surface area contributed by atoms with Gasteiger partial charge in [0, 0.05) is 19.5 Å². The van der Waals surface area contributed by atoms with Crippen LogP contribution in [-0.4, -0.2) is 52.1 Å². The van der Waals surface area contributed by atoms with Crippen molar-refractivity contribution in [1.29, 1.82) is 0 Å². The highest BCUT2D eigenvalue weighted by Gasteiger charge is 2.57. The van der Waals surface area contributed by atoms with Crippen LogP contribution in [0, 0.1) is 12.3 Å². The summed E-state index contributed by atoms with van der Waals surface area (Å²) in [6.45, 7) is 3.05. The number of cyclic esters (lactones) is 1. The molecule has 2 heterocycles. The van der Waals surface area contributed by atoms with E-state index in [2.05, 4.69) is 0 Å². The van der Waals surface area contributed by atoms with Gasteiger partial charge in [-0.25, -0.2) is 0 Å². The maximum Gasteiger partial charge on any atom is 0.316 e. The minimum atomic E-state index is -3.91. The minimum absolute atomic E-state index is 0.106. The Bertz CT molecular complexity index is 684. The highest BCUT2D eigenvalue weighted by atomic mass is 32.2. The molecular formula is C15H19NO5S. The number of likely N-dealkylation sites (N-methyl/N-ethyl adjacent to an activating group) is 1. The van der Waals surface area contributed by atoms with Crippen molar-refractivity contribution in [3.63, 3.8) is 0 Å². The number of likely N-dealkylation sites (tertiary alicyclic amines) is 1. The van der Waals surface area contributed by atoms with Crippen molar-refractivity contribution >= 4 is 16.1 Å². The van der Waals surface area contributed by atoms with Crippen LogP contribution in [0.15, 0.2) is 29.2 Å². The molecule has 2 aliphatic heterocycles. The maximum absolute atomic E-state index is 12.5. The lowest BCUT2D eigenvalue weighted by molar-refractivity contribution is -0.148. The monoisotopic (exact) mass is 325 g/mol. The summed E-state index contributed by atoms with van der Waals surface area (Å²) in [5, 5.41) is 0. The summed E-state index contributed by atoms with van der Waals surface area (Å²) in [4.78, 5) is 14.1. The van der Waals surface area contributed by atoms with Crippen molar-refractivity contribution in [2.45, 2.75) is 24.3 Å². The molecule has 2 atom stereocenters. The number of carbonyl (C=O) groups excluding carboxylic acids is 1. The van der Waals surface area contributed by atoms with Crippen LogP contribution in [0.25, 0.3) is 0 Å². The van der Waals surface area contributed by atoms with Crippen LogP contribution in [0.5, 0.6) is 0 Å². The second-order valence-corrected chi connectivity index (χ2v) is 7.66. The highest BCUT2D eigenvalue weighted by molar-refractivity contribution is 7.86. The van der Waals surface area contributed by atoms with Crippen LogP contribution in [-0.2, 0) is 23.8 Å². The lowest BCUT2D eigenvalue weighted by Gasteiger charge is -2.25. The Labute approximate surface area is 130 Å². The number of aryl methyl sites for hydroxylation is 1. The second kappa shape index (κ2) is 5.33. The van der Waals surface area contributed by atoms with Crippen LogP contribution in [0.4, 0.5) is 0 Å². The molecule has 1 spiro atoms. The molecule has 1 aromatic carbocycles. The molecule has 0 radical (unpaired) electrons. The van der Waals surface area contributed by atoms with E-state index in [9.17, 15) is 13.2 Å². The number of rotatable bonds is 3. The molecule has 0 aliphatic carbocycles. The van der Waals surface area contributed by atoms with E-state index in [0.29, 0.717) is 26.1 Å². The smallest absolute Gasteiger partial charge is 0.316 e. The number of carbonyl (C=O) groups is 1. The first kappa shape index (κ1) is 15.5. The summed E-state index contributed by atoms with van der Waals surface area (Å²) in [5.41, 5.74) is 0.0994. The molecule has 2 aliphatic rings. The number of hydrogen-bond donors (Lipinski definition) is 0. The Balaban J connectivity index is 1.88. The Morgan fingerprint density at radius 1 is 1.32 bits per heavy atom. The zero-order valence-corrected chi connectivity index (χ0v) is 13.4. The molecule has 0 N–H and O–H groups in total. The number of esters is 1. The first-order valence-electron chi connectivity index (χ1n) is 7.19. The molecule has 0 unspecified atom stereocenters. The van der Waals surface area contributed by atoms with Gasteiger partial charge in [-0.1, -0.05) is 17.7 Å². The third-order valence-corrected chi connectivity index (χ3v) is 5.72. The largest absolute Gasteiger partial charge is 0.465 e. The minimum Gasteiger partial charge on any atom is -0.465 e. The van der Waals surface area contributed by atoms with E-state index < -0.39 is 21.6 Å². The summed E-state index contributed by atoms with van der Waals surface area (Å²) in [7, 11) is -2.06. The summed E-state index contributed by atoms with van der Waals surface area (Å²) in [6.07, 6.45) is -0.219. The van der Waals surface area contributed by atoms with Crippen molar-refractivity contribution < 1.29 is 22.1 Å². The molecule has 0 bridgehead atoms. The molecule has 2 saturated heterocycles. The molecule has 7 heteroatoms. The van der Waals surface area contributed by atoms with Gasteiger partial charge in [0.05, 0.1) is 11.5 Å². The quantitative estimate of drug-likeness (QED) is 0.608. The molecule has 2 fully saturated rings. The van der Waals surface area contributed by atoms with Gasteiger partial charge in [0.2, 0.25) is 0 Å². The third kappa shape index (κ3) is 2.53. The van der Waals surface area contributed by atoms with E-state index in [1.807, 2.05) is 18.9 Å². The van der Waals surface area contributed by atoms with E-state index >= 15 is 0 Å². The van der Waals surface area contributed by atoms with E-state index in [0.717, 1.165) is 5.56 Å². The van der Waals surface area contributed by atoms with Crippen LogP contribution in [0.3, 0.4) is 0 Å². The van der Waals surface area contributed by atoms with E-state index in [4.69, 9.17) is 8.92 Å². The van der Waals surface area contributed by atoms with Gasteiger partial charge >= 0.3 is 5.97 Å². The highest BCUT2D eigenvalue weighted by Crippen LogP contribution is 2.42. The van der Waals surface area contributed by atoms with Gasteiger partial charge < -0.3 is 9.64 Å². The molecule has 1 aromatic rings. The zero-order valence-electron chi connectivity index (χ0n) is 12.6. The standard InChI is InChI=1S/C15H19NO5S/c1-11-3-5-12(6-4-11)22(18,19)21-13-9-16(2)10-15(13)7-8-20-14(15)17/h3-6,13H,7-10H2,1-2H3/t13-,15+/m0/s1. The Kier molecular flexibility index (Phi) is 3.74. The number of hydrogen-bond acceptors (Lipinski definition) is 6. The second-order valence-electron chi connectivity index (χ2n) is 6.09. The Morgan fingerprint density at radius 3 is 2.59 bits per heavy atom. The first-order valence-corrected chi connectivity index (χ1v) is 8.60. The van der Waals surface area contributed by atoms with Gasteiger partial charge in [-0.15, -0.1) is 0 Å². The zero-order chi connectivity index (χ0) is 16.0. The van der Waals surface area contributed by atoms with Gasteiger partial charge in [0.25, 0.3) is 10.1 Å². The van der Waals surface area contributed by atoms with Gasteiger partial charge in [-0.05, 0) is 26.1 Å². The summed E-state index contributed by atoms with van der Waals surface area (Å²) >= 11 is 0. The van der Waals surface area contributed by atoms with Gasteiger partial charge in [-0.2, -0.15) is 8.42 Å². The fraction of sp³-hybridized carbons (Fsp3) is 0.533. The lowest BCUT2D eigenvalue weighted by Crippen LogP contribution is -2.41. The van der Waals surface area contributed by atoms with Crippen molar-refractivity contribution in [3.8, 4) is 0 Å². The molecule has 0 saturated carbocycles. The fourth-order valence-electron chi connectivity index (χ4n) is 3.15. The average Bonchev–Trinajstić information content (AvgIpc) is 2.95. The maximum atomic E-state index is 12.5. The lowest BCUT2D eigenvalue weighted by atomic mass is 9.83. The van der Waals surface area contributed by atoms with Crippen molar-refractivity contribution in [2.24, 2.45) is 5.41 Å². The third-order valence-electron chi connectivity index (χ3n) is 4.39. The van der Waals surface area contributed by atoms with E-state index in [1.165, 1.54) is 12.1 Å². The van der Waals surface area contributed by atoms with Gasteiger partial charge in [0.1, 0.15) is 11.5 Å². The molecule has 3 rings (SSSR count). The van der Waals surface area contributed by atoms with Crippen molar-refractivity contribution in [3.05, 3.63) is 29.8 Å². The Morgan fingerprint density at radius 2 is 2.00 bits per heavy atom. The number of ether oxygens (including phenoxy) is 1. The SMILES string of the molecule is Cc1ccc(S(=O)(=O)O[C@H]2CN(C)C[C@]23CCOC3=O)cc1. The molecule has 6 nitrogen and oxygen atoms in total. The van der Waals surface area contributed by atoms with Crippen LogP contribution >= 0.6 is 0 Å². The van der Waals surface area contributed by atoms with Gasteiger partial charge in [0.15, 0.2) is 0 Å². The predicted molar refractivity (Wildman–Crippen MR) is 78.7 cm³/mol. The summed E-state index contributed by atoms with van der Waals surface area (Å²) in [5.74, 6) is -0.360. The predicted octanol–water partition coefficient (Wildman–Crippen LogP) is 0.948. The molecule has 0 amide bonds. The Hall–Kier alpha value is -1.44.